The van der Waals surface area contributed by atoms with Crippen molar-refractivity contribution in [1.29, 1.82) is 0 Å². The molecule has 0 saturated heterocycles. The molecule has 1 N–H and O–H groups in total. The summed E-state index contributed by atoms with van der Waals surface area (Å²) in [7, 11) is 0. The van der Waals surface area contributed by atoms with Gasteiger partial charge in [-0.1, -0.05) is 18.7 Å². The van der Waals surface area contributed by atoms with Crippen LogP contribution in [0.15, 0.2) is 17.1 Å². The molecule has 1 heterocycles. The zero-order valence-electron chi connectivity index (χ0n) is 10.7. The molecule has 1 aromatic carbocycles. The monoisotopic (exact) mass is 270 g/mol. The molecule has 0 bridgehead atoms. The number of anilines is 1. The lowest BCUT2D eigenvalue weighted by Gasteiger charge is -2.15. The Morgan fingerprint density at radius 3 is 2.72 bits per heavy atom. The van der Waals surface area contributed by atoms with Crippen molar-refractivity contribution in [3.8, 4) is 0 Å². The summed E-state index contributed by atoms with van der Waals surface area (Å²) in [4.78, 5) is 4.51. The summed E-state index contributed by atoms with van der Waals surface area (Å²) in [6.07, 6.45) is 0.927. The Hall–Kier alpha value is -1.10. The standard InChI is InChI=1S/C13H16F2N2S/c1-4-13(3)7-18-12(17-13)16-11-6-9(14)8(2)5-10(11)15/h5-6H,4,7H2,1-3H3,(H,16,17). The minimum Gasteiger partial charge on any atom is -0.332 e. The number of aryl methyl sites for hydroxylation is 1. The molecular formula is C13H16F2N2S. The molecule has 0 spiro atoms. The third-order valence-electron chi connectivity index (χ3n) is 3.14. The number of aliphatic imine (C=N–C) groups is 1. The van der Waals surface area contributed by atoms with Crippen LogP contribution in [-0.4, -0.2) is 16.5 Å². The molecule has 18 heavy (non-hydrogen) atoms. The topological polar surface area (TPSA) is 24.4 Å². The summed E-state index contributed by atoms with van der Waals surface area (Å²) in [5.41, 5.74) is 0.342. The van der Waals surface area contributed by atoms with Crippen LogP contribution in [-0.2, 0) is 0 Å². The minimum atomic E-state index is -0.456. The van der Waals surface area contributed by atoms with E-state index in [2.05, 4.69) is 24.2 Å². The van der Waals surface area contributed by atoms with Crippen LogP contribution in [0.2, 0.25) is 0 Å². The summed E-state index contributed by atoms with van der Waals surface area (Å²) >= 11 is 1.54. The number of hydrogen-bond acceptors (Lipinski definition) is 3. The van der Waals surface area contributed by atoms with Crippen molar-refractivity contribution in [2.45, 2.75) is 32.7 Å². The number of benzene rings is 1. The summed E-state index contributed by atoms with van der Waals surface area (Å²) in [6, 6.07) is 2.37. The van der Waals surface area contributed by atoms with Gasteiger partial charge in [0.05, 0.1) is 11.2 Å². The fourth-order valence-electron chi connectivity index (χ4n) is 1.64. The first-order valence-electron chi connectivity index (χ1n) is 5.89. The molecule has 0 aromatic heterocycles. The highest BCUT2D eigenvalue weighted by Crippen LogP contribution is 2.31. The van der Waals surface area contributed by atoms with Gasteiger partial charge in [0.25, 0.3) is 0 Å². The number of amidine groups is 1. The number of halogens is 2. The Bertz CT molecular complexity index is 502. The highest BCUT2D eigenvalue weighted by molar-refractivity contribution is 8.14. The van der Waals surface area contributed by atoms with E-state index in [0.29, 0.717) is 10.7 Å². The molecule has 1 aromatic rings. The van der Waals surface area contributed by atoms with E-state index in [-0.39, 0.29) is 11.2 Å². The van der Waals surface area contributed by atoms with Crippen LogP contribution in [0.4, 0.5) is 14.5 Å². The average Bonchev–Trinajstić information content (AvgIpc) is 2.69. The summed E-state index contributed by atoms with van der Waals surface area (Å²) < 4.78 is 27.1. The maximum absolute atomic E-state index is 13.7. The quantitative estimate of drug-likeness (QED) is 0.879. The van der Waals surface area contributed by atoms with Gasteiger partial charge in [-0.3, -0.25) is 4.99 Å². The van der Waals surface area contributed by atoms with E-state index in [1.807, 2.05) is 0 Å². The molecule has 0 fully saturated rings. The van der Waals surface area contributed by atoms with Crippen LogP contribution < -0.4 is 5.32 Å². The zero-order valence-corrected chi connectivity index (χ0v) is 11.5. The van der Waals surface area contributed by atoms with Gasteiger partial charge < -0.3 is 5.32 Å². The van der Waals surface area contributed by atoms with Crippen molar-refractivity contribution in [2.24, 2.45) is 4.99 Å². The van der Waals surface area contributed by atoms with E-state index < -0.39 is 11.6 Å². The molecule has 98 valence electrons. The Labute approximate surface area is 110 Å². The lowest BCUT2D eigenvalue weighted by atomic mass is 10.0. The Kier molecular flexibility index (Phi) is 3.61. The molecule has 0 saturated carbocycles. The molecule has 0 aliphatic carbocycles. The van der Waals surface area contributed by atoms with Crippen LogP contribution >= 0.6 is 11.8 Å². The lowest BCUT2D eigenvalue weighted by molar-refractivity contribution is 0.522. The SMILES string of the molecule is CCC1(C)CSC(Nc2cc(F)c(C)cc2F)=N1. The fourth-order valence-corrected chi connectivity index (χ4v) is 2.82. The molecule has 1 aliphatic rings. The van der Waals surface area contributed by atoms with Crippen LogP contribution in [0.5, 0.6) is 0 Å². The molecule has 0 radical (unpaired) electrons. The Morgan fingerprint density at radius 2 is 2.11 bits per heavy atom. The van der Waals surface area contributed by atoms with E-state index in [1.165, 1.54) is 30.8 Å². The van der Waals surface area contributed by atoms with Crippen LogP contribution in [0, 0.1) is 18.6 Å². The predicted octanol–water partition coefficient (Wildman–Crippen LogP) is 3.96. The fraction of sp³-hybridized carbons (Fsp3) is 0.462. The molecule has 1 aliphatic heterocycles. The van der Waals surface area contributed by atoms with Gasteiger partial charge in [-0.25, -0.2) is 8.78 Å². The van der Waals surface area contributed by atoms with Gasteiger partial charge in [-0.2, -0.15) is 0 Å². The highest BCUT2D eigenvalue weighted by Gasteiger charge is 2.29. The van der Waals surface area contributed by atoms with Gasteiger partial charge in [0.1, 0.15) is 11.6 Å². The summed E-state index contributed by atoms with van der Waals surface area (Å²) in [6.45, 7) is 5.66. The van der Waals surface area contributed by atoms with E-state index in [4.69, 9.17) is 0 Å². The van der Waals surface area contributed by atoms with Gasteiger partial charge in [0, 0.05) is 11.8 Å². The van der Waals surface area contributed by atoms with Crippen molar-refractivity contribution in [3.05, 3.63) is 29.3 Å². The molecule has 0 amide bonds. The third-order valence-corrected chi connectivity index (χ3v) is 4.38. The first-order chi connectivity index (χ1) is 8.43. The molecule has 2 nitrogen and oxygen atoms in total. The van der Waals surface area contributed by atoms with Crippen LogP contribution in [0.25, 0.3) is 0 Å². The van der Waals surface area contributed by atoms with Crippen molar-refractivity contribution in [1.82, 2.24) is 0 Å². The zero-order chi connectivity index (χ0) is 13.3. The van der Waals surface area contributed by atoms with Crippen LogP contribution in [0.1, 0.15) is 25.8 Å². The summed E-state index contributed by atoms with van der Waals surface area (Å²) in [5.74, 6) is -0.00928. The van der Waals surface area contributed by atoms with Crippen molar-refractivity contribution in [3.63, 3.8) is 0 Å². The largest absolute Gasteiger partial charge is 0.332 e. The van der Waals surface area contributed by atoms with Gasteiger partial charge >= 0.3 is 0 Å². The average molecular weight is 270 g/mol. The Balaban J connectivity index is 2.21. The van der Waals surface area contributed by atoms with E-state index in [0.717, 1.165) is 12.2 Å². The van der Waals surface area contributed by atoms with Crippen molar-refractivity contribution in [2.75, 3.05) is 11.1 Å². The first kappa shape index (κ1) is 13.3. The maximum Gasteiger partial charge on any atom is 0.161 e. The number of thioether (sulfide) groups is 1. The molecule has 1 atom stereocenters. The lowest BCUT2D eigenvalue weighted by Crippen LogP contribution is -2.20. The highest BCUT2D eigenvalue weighted by atomic mass is 32.2. The first-order valence-corrected chi connectivity index (χ1v) is 6.87. The predicted molar refractivity (Wildman–Crippen MR) is 73.3 cm³/mol. The number of hydrogen-bond donors (Lipinski definition) is 1. The van der Waals surface area contributed by atoms with Gasteiger partial charge in [-0.15, -0.1) is 0 Å². The smallest absolute Gasteiger partial charge is 0.161 e. The van der Waals surface area contributed by atoms with Crippen molar-refractivity contribution >= 4 is 22.6 Å². The number of rotatable bonds is 2. The Morgan fingerprint density at radius 1 is 1.39 bits per heavy atom. The second kappa shape index (κ2) is 4.88. The van der Waals surface area contributed by atoms with Gasteiger partial charge in [0.15, 0.2) is 5.17 Å². The van der Waals surface area contributed by atoms with Crippen LogP contribution in [0.3, 0.4) is 0 Å². The number of nitrogens with zero attached hydrogens (tertiary/aromatic N) is 1. The van der Waals surface area contributed by atoms with E-state index >= 15 is 0 Å². The number of nitrogens with one attached hydrogen (secondary N) is 1. The van der Waals surface area contributed by atoms with Crippen molar-refractivity contribution < 1.29 is 8.78 Å². The second-order valence-electron chi connectivity index (χ2n) is 4.76. The van der Waals surface area contributed by atoms with E-state index in [1.54, 1.807) is 0 Å². The molecule has 1 unspecified atom stereocenters. The van der Waals surface area contributed by atoms with Gasteiger partial charge in [-0.05, 0) is 31.9 Å². The maximum atomic E-state index is 13.7. The summed E-state index contributed by atoms with van der Waals surface area (Å²) in [5, 5.41) is 3.52. The molecule has 2 rings (SSSR count). The minimum absolute atomic E-state index is 0.104. The molecule has 5 heteroatoms. The third kappa shape index (κ3) is 2.66. The second-order valence-corrected chi connectivity index (χ2v) is 5.73. The van der Waals surface area contributed by atoms with E-state index in [9.17, 15) is 8.78 Å². The normalized spacial score (nSPS) is 23.1. The molecular weight excluding hydrogens is 254 g/mol. The van der Waals surface area contributed by atoms with Gasteiger partial charge in [0.2, 0.25) is 0 Å².